The Morgan fingerprint density at radius 2 is 1.73 bits per heavy atom. The highest BCUT2D eigenvalue weighted by Gasteiger charge is 2.09. The molecule has 0 fully saturated rings. The predicted octanol–water partition coefficient (Wildman–Crippen LogP) is 0.731. The van der Waals surface area contributed by atoms with Crippen LogP contribution in [0.1, 0.15) is 21.5 Å². The van der Waals surface area contributed by atoms with Crippen LogP contribution in [-0.4, -0.2) is 33.3 Å². The molecular formula is C18H21N3O4S. The number of carbonyl (C=O) groups excluding carboxylic acids is 2. The summed E-state index contributed by atoms with van der Waals surface area (Å²) in [7, 11) is -3.70. The lowest BCUT2D eigenvalue weighted by Gasteiger charge is -2.08. The fourth-order valence-corrected chi connectivity index (χ4v) is 2.82. The number of benzene rings is 2. The quantitative estimate of drug-likeness (QED) is 0.661. The van der Waals surface area contributed by atoms with Crippen LogP contribution in [0.4, 0.5) is 0 Å². The number of hydrogen-bond donors (Lipinski definition) is 3. The minimum absolute atomic E-state index is 0.0455. The average molecular weight is 375 g/mol. The second-order valence-electron chi connectivity index (χ2n) is 5.84. The zero-order valence-electron chi connectivity index (χ0n) is 14.4. The summed E-state index contributed by atoms with van der Waals surface area (Å²) in [6, 6.07) is 13.2. The average Bonchev–Trinajstić information content (AvgIpc) is 2.59. The molecule has 138 valence electrons. The van der Waals surface area contributed by atoms with Crippen molar-refractivity contribution in [3.8, 4) is 0 Å². The number of nitrogens with two attached hydrogens (primary N) is 1. The van der Waals surface area contributed by atoms with Crippen LogP contribution < -0.4 is 15.8 Å². The van der Waals surface area contributed by atoms with E-state index in [2.05, 4.69) is 10.6 Å². The Labute approximate surface area is 152 Å². The van der Waals surface area contributed by atoms with E-state index in [1.54, 1.807) is 30.3 Å². The Hall–Kier alpha value is -2.71. The molecule has 2 amide bonds. The number of aryl methyl sites for hydroxylation is 1. The smallest absolute Gasteiger partial charge is 0.251 e. The van der Waals surface area contributed by atoms with Gasteiger partial charge in [-0.15, -0.1) is 0 Å². The fourth-order valence-electron chi connectivity index (χ4n) is 2.30. The molecule has 0 aliphatic rings. The summed E-state index contributed by atoms with van der Waals surface area (Å²) in [5, 5.41) is 10.3. The number of primary sulfonamides is 1. The van der Waals surface area contributed by atoms with Gasteiger partial charge < -0.3 is 10.6 Å². The van der Waals surface area contributed by atoms with Crippen LogP contribution in [0.3, 0.4) is 0 Å². The molecule has 8 heteroatoms. The van der Waals surface area contributed by atoms with E-state index in [0.29, 0.717) is 18.5 Å². The molecule has 0 aliphatic heterocycles. The van der Waals surface area contributed by atoms with E-state index in [1.807, 2.05) is 13.0 Å². The summed E-state index contributed by atoms with van der Waals surface area (Å²) in [4.78, 5) is 23.8. The third-order valence-electron chi connectivity index (χ3n) is 3.68. The Bertz CT molecular complexity index is 893. The molecule has 26 heavy (non-hydrogen) atoms. The second-order valence-corrected chi connectivity index (χ2v) is 7.40. The number of rotatable bonds is 7. The van der Waals surface area contributed by atoms with E-state index in [4.69, 9.17) is 5.14 Å². The van der Waals surface area contributed by atoms with Crippen molar-refractivity contribution in [2.45, 2.75) is 18.2 Å². The highest BCUT2D eigenvalue weighted by atomic mass is 32.2. The second kappa shape index (κ2) is 8.59. The molecule has 4 N–H and O–H groups in total. The molecule has 7 nitrogen and oxygen atoms in total. The first-order chi connectivity index (χ1) is 12.3. The highest BCUT2D eigenvalue weighted by molar-refractivity contribution is 7.89. The van der Waals surface area contributed by atoms with E-state index >= 15 is 0 Å². The summed E-state index contributed by atoms with van der Waals surface area (Å²) in [6.45, 7) is 2.14. The Morgan fingerprint density at radius 3 is 2.35 bits per heavy atom. The minimum Gasteiger partial charge on any atom is -0.354 e. The van der Waals surface area contributed by atoms with Gasteiger partial charge in [-0.1, -0.05) is 29.8 Å². The number of sulfonamides is 1. The van der Waals surface area contributed by atoms with E-state index in [9.17, 15) is 18.0 Å². The Morgan fingerprint density at radius 1 is 1.04 bits per heavy atom. The maximum absolute atomic E-state index is 12.0. The molecule has 0 heterocycles. The van der Waals surface area contributed by atoms with Crippen molar-refractivity contribution in [3.05, 3.63) is 65.2 Å². The molecule has 0 aromatic heterocycles. The number of hydrogen-bond acceptors (Lipinski definition) is 4. The molecule has 2 aromatic carbocycles. The first kappa shape index (κ1) is 19.6. The molecule has 0 unspecified atom stereocenters. The molecule has 0 atom stereocenters. The molecule has 2 aromatic rings. The van der Waals surface area contributed by atoms with Gasteiger partial charge in [0.25, 0.3) is 5.91 Å². The maximum atomic E-state index is 12.0. The van der Waals surface area contributed by atoms with Gasteiger partial charge in [0.15, 0.2) is 0 Å². The van der Waals surface area contributed by atoms with Crippen molar-refractivity contribution in [2.75, 3.05) is 13.1 Å². The van der Waals surface area contributed by atoms with Gasteiger partial charge in [-0.3, -0.25) is 9.59 Å². The van der Waals surface area contributed by atoms with Crippen molar-refractivity contribution >= 4 is 21.8 Å². The van der Waals surface area contributed by atoms with Crippen LogP contribution >= 0.6 is 0 Å². The monoisotopic (exact) mass is 375 g/mol. The van der Waals surface area contributed by atoms with Crippen molar-refractivity contribution in [3.63, 3.8) is 0 Å². The number of nitrogens with one attached hydrogen (secondary N) is 2. The van der Waals surface area contributed by atoms with Gasteiger partial charge in [0.2, 0.25) is 15.9 Å². The molecule has 2 rings (SSSR count). The van der Waals surface area contributed by atoms with Gasteiger partial charge in [0.1, 0.15) is 0 Å². The number of amides is 2. The molecular weight excluding hydrogens is 354 g/mol. The van der Waals surface area contributed by atoms with Crippen LogP contribution in [-0.2, 0) is 21.2 Å². The van der Waals surface area contributed by atoms with Gasteiger partial charge >= 0.3 is 0 Å². The van der Waals surface area contributed by atoms with Gasteiger partial charge in [-0.05, 0) is 43.2 Å². The maximum Gasteiger partial charge on any atom is 0.251 e. The molecule has 0 saturated heterocycles. The standard InChI is InChI=1S/C18H21N3O4S/c1-13-3-2-4-15(11-13)18(23)21-12-17(22)20-10-9-14-5-7-16(8-6-14)26(19,24)25/h2-8,11H,9-10,12H2,1H3,(H,20,22)(H,21,23)(H2,19,24,25). The molecule has 0 saturated carbocycles. The van der Waals surface area contributed by atoms with E-state index < -0.39 is 10.0 Å². The molecule has 0 radical (unpaired) electrons. The Balaban J connectivity index is 1.74. The topological polar surface area (TPSA) is 118 Å². The predicted molar refractivity (Wildman–Crippen MR) is 98.0 cm³/mol. The van der Waals surface area contributed by atoms with Crippen molar-refractivity contribution in [2.24, 2.45) is 5.14 Å². The lowest BCUT2D eigenvalue weighted by Crippen LogP contribution is -2.37. The minimum atomic E-state index is -3.70. The van der Waals surface area contributed by atoms with Crippen LogP contribution in [0, 0.1) is 6.92 Å². The van der Waals surface area contributed by atoms with Gasteiger partial charge in [-0.2, -0.15) is 0 Å². The van der Waals surface area contributed by atoms with E-state index in [0.717, 1.165) is 11.1 Å². The summed E-state index contributed by atoms with van der Waals surface area (Å²) in [6.07, 6.45) is 0.530. The molecule has 0 bridgehead atoms. The van der Waals surface area contributed by atoms with Crippen molar-refractivity contribution in [1.82, 2.24) is 10.6 Å². The third kappa shape index (κ3) is 5.98. The largest absolute Gasteiger partial charge is 0.354 e. The highest BCUT2D eigenvalue weighted by Crippen LogP contribution is 2.09. The lowest BCUT2D eigenvalue weighted by molar-refractivity contribution is -0.120. The zero-order valence-corrected chi connectivity index (χ0v) is 15.2. The van der Waals surface area contributed by atoms with E-state index in [1.165, 1.54) is 12.1 Å². The fraction of sp³-hybridized carbons (Fsp3) is 0.222. The normalized spacial score (nSPS) is 11.0. The summed E-state index contributed by atoms with van der Waals surface area (Å²) >= 11 is 0. The Kier molecular flexibility index (Phi) is 6.48. The zero-order chi connectivity index (χ0) is 19.2. The summed E-state index contributed by atoms with van der Waals surface area (Å²) < 4.78 is 22.4. The SMILES string of the molecule is Cc1cccc(C(=O)NCC(=O)NCCc2ccc(S(N)(=O)=O)cc2)c1. The van der Waals surface area contributed by atoms with Gasteiger partial charge in [-0.25, -0.2) is 13.6 Å². The number of carbonyl (C=O) groups is 2. The van der Waals surface area contributed by atoms with Crippen molar-refractivity contribution < 1.29 is 18.0 Å². The first-order valence-electron chi connectivity index (χ1n) is 7.99. The van der Waals surface area contributed by atoms with Gasteiger partial charge in [0.05, 0.1) is 11.4 Å². The first-order valence-corrected chi connectivity index (χ1v) is 9.53. The van der Waals surface area contributed by atoms with Crippen molar-refractivity contribution in [1.29, 1.82) is 0 Å². The van der Waals surface area contributed by atoms with Crippen LogP contribution in [0.2, 0.25) is 0 Å². The summed E-state index contributed by atoms with van der Waals surface area (Å²) in [5.41, 5.74) is 2.34. The summed E-state index contributed by atoms with van der Waals surface area (Å²) in [5.74, 6) is -0.602. The van der Waals surface area contributed by atoms with Crippen LogP contribution in [0.15, 0.2) is 53.4 Å². The van der Waals surface area contributed by atoms with E-state index in [-0.39, 0.29) is 23.3 Å². The molecule has 0 aliphatic carbocycles. The lowest BCUT2D eigenvalue weighted by atomic mass is 10.1. The van der Waals surface area contributed by atoms with Gasteiger partial charge in [0, 0.05) is 12.1 Å². The third-order valence-corrected chi connectivity index (χ3v) is 4.61. The van der Waals surface area contributed by atoms with Crippen LogP contribution in [0.25, 0.3) is 0 Å². The van der Waals surface area contributed by atoms with Crippen LogP contribution in [0.5, 0.6) is 0 Å². The molecule has 0 spiro atoms.